The van der Waals surface area contributed by atoms with Crippen molar-refractivity contribution in [2.24, 2.45) is 5.41 Å². The molecule has 1 aliphatic carbocycles. The molecule has 0 spiro atoms. The van der Waals surface area contributed by atoms with E-state index in [9.17, 15) is 0 Å². The maximum Gasteiger partial charge on any atom is 0.127 e. The van der Waals surface area contributed by atoms with Crippen molar-refractivity contribution in [3.8, 4) is 11.5 Å². The highest BCUT2D eigenvalue weighted by Gasteiger charge is 2.41. The maximum atomic E-state index is 5.41. The van der Waals surface area contributed by atoms with E-state index in [1.807, 2.05) is 12.1 Å². The van der Waals surface area contributed by atoms with Crippen LogP contribution in [-0.4, -0.2) is 34.5 Å². The molecule has 1 fully saturated rings. The monoisotopic (exact) mass is 279 g/mol. The van der Waals surface area contributed by atoms with Crippen molar-refractivity contribution in [2.45, 2.75) is 25.8 Å². The largest absolute Gasteiger partial charge is 0.497 e. The summed E-state index contributed by atoms with van der Waals surface area (Å²) in [6, 6.07) is 5.95. The van der Waals surface area contributed by atoms with E-state index in [4.69, 9.17) is 14.2 Å². The molecule has 4 nitrogen and oxygen atoms in total. The zero-order valence-electron chi connectivity index (χ0n) is 12.7. The molecule has 0 radical (unpaired) electrons. The van der Waals surface area contributed by atoms with Crippen LogP contribution in [-0.2, 0) is 11.3 Å². The van der Waals surface area contributed by atoms with E-state index in [-0.39, 0.29) is 0 Å². The molecule has 0 heterocycles. The van der Waals surface area contributed by atoms with Crippen molar-refractivity contribution in [1.29, 1.82) is 0 Å². The van der Waals surface area contributed by atoms with Crippen molar-refractivity contribution >= 4 is 0 Å². The molecule has 0 saturated heterocycles. The summed E-state index contributed by atoms with van der Waals surface area (Å²) in [6.07, 6.45) is 3.77. The van der Waals surface area contributed by atoms with Crippen LogP contribution in [0.2, 0.25) is 0 Å². The summed E-state index contributed by atoms with van der Waals surface area (Å²) in [5.41, 5.74) is 1.63. The van der Waals surface area contributed by atoms with Gasteiger partial charge in [0.1, 0.15) is 11.5 Å². The van der Waals surface area contributed by atoms with Crippen molar-refractivity contribution in [1.82, 2.24) is 5.32 Å². The first-order chi connectivity index (χ1) is 9.73. The summed E-state index contributed by atoms with van der Waals surface area (Å²) < 4.78 is 15.8. The normalized spacial score (nSPS) is 15.9. The summed E-state index contributed by atoms with van der Waals surface area (Å²) in [5, 5.41) is 3.55. The van der Waals surface area contributed by atoms with Gasteiger partial charge in [-0.1, -0.05) is 6.07 Å². The fourth-order valence-corrected chi connectivity index (χ4v) is 2.47. The van der Waals surface area contributed by atoms with Crippen molar-refractivity contribution in [2.75, 3.05) is 34.5 Å². The first-order valence-corrected chi connectivity index (χ1v) is 7.13. The Kier molecular flexibility index (Phi) is 5.26. The van der Waals surface area contributed by atoms with Gasteiger partial charge in [-0.15, -0.1) is 0 Å². The molecule has 1 aliphatic rings. The van der Waals surface area contributed by atoms with Crippen molar-refractivity contribution < 1.29 is 14.2 Å². The van der Waals surface area contributed by atoms with Gasteiger partial charge in [0.2, 0.25) is 0 Å². The third kappa shape index (κ3) is 3.87. The second-order valence-corrected chi connectivity index (χ2v) is 5.52. The lowest BCUT2D eigenvalue weighted by Crippen LogP contribution is -2.24. The molecular formula is C16H25NO3. The highest BCUT2D eigenvalue weighted by molar-refractivity contribution is 5.40. The molecule has 0 amide bonds. The number of hydrogen-bond acceptors (Lipinski definition) is 4. The Balaban J connectivity index is 1.85. The maximum absolute atomic E-state index is 5.41. The Morgan fingerprint density at radius 3 is 2.55 bits per heavy atom. The molecule has 1 aromatic rings. The topological polar surface area (TPSA) is 39.7 Å². The lowest BCUT2D eigenvalue weighted by molar-refractivity contribution is 0.171. The van der Waals surface area contributed by atoms with E-state index in [2.05, 4.69) is 11.4 Å². The van der Waals surface area contributed by atoms with Crippen LogP contribution in [0.15, 0.2) is 18.2 Å². The van der Waals surface area contributed by atoms with Crippen LogP contribution in [0.4, 0.5) is 0 Å². The quantitative estimate of drug-likeness (QED) is 0.754. The van der Waals surface area contributed by atoms with Crippen LogP contribution in [0, 0.1) is 5.41 Å². The second kappa shape index (κ2) is 6.95. The molecule has 0 unspecified atom stereocenters. The van der Waals surface area contributed by atoms with Gasteiger partial charge in [-0.2, -0.15) is 0 Å². The first-order valence-electron chi connectivity index (χ1n) is 7.13. The van der Waals surface area contributed by atoms with Gasteiger partial charge < -0.3 is 19.5 Å². The van der Waals surface area contributed by atoms with Crippen LogP contribution in [0.3, 0.4) is 0 Å². The van der Waals surface area contributed by atoms with Gasteiger partial charge in [0, 0.05) is 38.4 Å². The van der Waals surface area contributed by atoms with Crippen molar-refractivity contribution in [3.63, 3.8) is 0 Å². The average Bonchev–Trinajstić information content (AvgIpc) is 3.25. The number of benzene rings is 1. The molecule has 112 valence electrons. The molecule has 0 aliphatic heterocycles. The molecule has 0 bridgehead atoms. The summed E-state index contributed by atoms with van der Waals surface area (Å²) in [7, 11) is 5.13. The Hall–Kier alpha value is -1.26. The molecule has 0 aromatic heterocycles. The number of methoxy groups -OCH3 is 3. The predicted molar refractivity (Wildman–Crippen MR) is 79.4 cm³/mol. The lowest BCUT2D eigenvalue weighted by atomic mass is 10.0. The summed E-state index contributed by atoms with van der Waals surface area (Å²) in [6.45, 7) is 2.72. The van der Waals surface area contributed by atoms with Gasteiger partial charge in [-0.05, 0) is 30.7 Å². The van der Waals surface area contributed by atoms with E-state index in [0.717, 1.165) is 43.2 Å². The third-order valence-corrected chi connectivity index (χ3v) is 4.10. The van der Waals surface area contributed by atoms with Gasteiger partial charge in [0.25, 0.3) is 0 Å². The minimum atomic E-state index is 0.468. The van der Waals surface area contributed by atoms with E-state index < -0.39 is 0 Å². The van der Waals surface area contributed by atoms with E-state index in [0.29, 0.717) is 5.41 Å². The number of nitrogens with one attached hydrogen (secondary N) is 1. The summed E-state index contributed by atoms with van der Waals surface area (Å²) in [5.74, 6) is 1.70. The standard InChI is InChI=1S/C16H25NO3/c1-18-9-8-16(6-7-16)12-17-11-13-4-5-14(19-2)10-15(13)20-3/h4-5,10,17H,6-9,11-12H2,1-3H3. The zero-order chi connectivity index (χ0) is 14.4. The van der Waals surface area contributed by atoms with Crippen molar-refractivity contribution in [3.05, 3.63) is 23.8 Å². The Labute approximate surface area is 121 Å². The Morgan fingerprint density at radius 2 is 1.95 bits per heavy atom. The minimum absolute atomic E-state index is 0.468. The third-order valence-electron chi connectivity index (χ3n) is 4.10. The first kappa shape index (κ1) is 15.1. The summed E-state index contributed by atoms with van der Waals surface area (Å²) >= 11 is 0. The molecule has 4 heteroatoms. The fraction of sp³-hybridized carbons (Fsp3) is 0.625. The minimum Gasteiger partial charge on any atom is -0.497 e. The molecule has 2 rings (SSSR count). The van der Waals surface area contributed by atoms with Gasteiger partial charge >= 0.3 is 0 Å². The van der Waals surface area contributed by atoms with Crippen LogP contribution in [0.1, 0.15) is 24.8 Å². The number of hydrogen-bond donors (Lipinski definition) is 1. The van der Waals surface area contributed by atoms with E-state index in [1.54, 1.807) is 21.3 Å². The van der Waals surface area contributed by atoms with Gasteiger partial charge in [-0.25, -0.2) is 0 Å². The van der Waals surface area contributed by atoms with Crippen LogP contribution in [0.25, 0.3) is 0 Å². The Bertz CT molecular complexity index is 430. The van der Waals surface area contributed by atoms with Crippen LogP contribution < -0.4 is 14.8 Å². The predicted octanol–water partition coefficient (Wildman–Crippen LogP) is 2.61. The summed E-state index contributed by atoms with van der Waals surface area (Å²) in [4.78, 5) is 0. The van der Waals surface area contributed by atoms with Crippen LogP contribution in [0.5, 0.6) is 11.5 Å². The zero-order valence-corrected chi connectivity index (χ0v) is 12.7. The van der Waals surface area contributed by atoms with Gasteiger partial charge in [0.15, 0.2) is 0 Å². The van der Waals surface area contributed by atoms with Crippen LogP contribution >= 0.6 is 0 Å². The molecule has 1 aromatic carbocycles. The van der Waals surface area contributed by atoms with E-state index in [1.165, 1.54) is 12.8 Å². The Morgan fingerprint density at radius 1 is 1.15 bits per heavy atom. The number of ether oxygens (including phenoxy) is 3. The number of rotatable bonds is 9. The molecule has 20 heavy (non-hydrogen) atoms. The highest BCUT2D eigenvalue weighted by atomic mass is 16.5. The second-order valence-electron chi connectivity index (χ2n) is 5.52. The SMILES string of the molecule is COCCC1(CNCc2ccc(OC)cc2OC)CC1. The molecule has 1 saturated carbocycles. The average molecular weight is 279 g/mol. The van der Waals surface area contributed by atoms with Gasteiger partial charge in [-0.3, -0.25) is 0 Å². The molecule has 0 atom stereocenters. The highest BCUT2D eigenvalue weighted by Crippen LogP contribution is 2.48. The van der Waals surface area contributed by atoms with E-state index >= 15 is 0 Å². The molecule has 1 N–H and O–H groups in total. The smallest absolute Gasteiger partial charge is 0.127 e. The lowest BCUT2D eigenvalue weighted by Gasteiger charge is -2.16. The fourth-order valence-electron chi connectivity index (χ4n) is 2.47. The molecular weight excluding hydrogens is 254 g/mol. The van der Waals surface area contributed by atoms with Gasteiger partial charge in [0.05, 0.1) is 14.2 Å².